The molecule has 0 saturated carbocycles. The van der Waals surface area contributed by atoms with E-state index in [1.165, 1.54) is 5.56 Å². The number of aryl methyl sites for hydroxylation is 2. The van der Waals surface area contributed by atoms with E-state index in [-0.39, 0.29) is 6.04 Å². The van der Waals surface area contributed by atoms with Crippen molar-refractivity contribution in [2.45, 2.75) is 39.8 Å². The van der Waals surface area contributed by atoms with E-state index in [1.54, 1.807) is 7.11 Å². The zero-order chi connectivity index (χ0) is 26.2. The molecule has 0 amide bonds. The number of hydrogen-bond donors (Lipinski definition) is 1. The second-order valence-electron chi connectivity index (χ2n) is 10.1. The monoisotopic (exact) mass is 511 g/mol. The van der Waals surface area contributed by atoms with Crippen LogP contribution in [-0.2, 0) is 11.3 Å². The number of fused-ring (bicyclic) bond motifs is 3. The SMILES string of the molecule is COCc1nc2cnc3cc(-c4c(C)noc4C)c(OC[C@H]4CCNC4)cc3c2n1[C@H](C)c1ccccc1. The molecule has 196 valence electrons. The normalized spacial score (nSPS) is 16.5. The highest BCUT2D eigenvalue weighted by atomic mass is 16.5. The summed E-state index contributed by atoms with van der Waals surface area (Å²) < 4.78 is 19.9. The molecule has 0 bridgehead atoms. The lowest BCUT2D eigenvalue weighted by Gasteiger charge is -2.20. The van der Waals surface area contributed by atoms with Crippen LogP contribution in [0.15, 0.2) is 53.2 Å². The number of methoxy groups -OCH3 is 1. The van der Waals surface area contributed by atoms with Gasteiger partial charge in [0.25, 0.3) is 0 Å². The van der Waals surface area contributed by atoms with Gasteiger partial charge in [0.2, 0.25) is 0 Å². The zero-order valence-electron chi connectivity index (χ0n) is 22.3. The maximum atomic E-state index is 6.56. The van der Waals surface area contributed by atoms with Crippen LogP contribution in [0.2, 0.25) is 0 Å². The molecule has 1 aliphatic heterocycles. The van der Waals surface area contributed by atoms with E-state index in [2.05, 4.69) is 58.4 Å². The fourth-order valence-corrected chi connectivity index (χ4v) is 5.63. The Morgan fingerprint density at radius 3 is 2.71 bits per heavy atom. The first kappa shape index (κ1) is 24.6. The van der Waals surface area contributed by atoms with Gasteiger partial charge in [0.15, 0.2) is 0 Å². The number of rotatable bonds is 8. The van der Waals surface area contributed by atoms with Crippen molar-refractivity contribution in [3.63, 3.8) is 0 Å². The van der Waals surface area contributed by atoms with E-state index in [9.17, 15) is 0 Å². The van der Waals surface area contributed by atoms with Crippen molar-refractivity contribution in [2.75, 3.05) is 26.8 Å². The molecule has 2 atom stereocenters. The van der Waals surface area contributed by atoms with E-state index >= 15 is 0 Å². The molecule has 1 aliphatic rings. The van der Waals surface area contributed by atoms with Gasteiger partial charge in [-0.2, -0.15) is 0 Å². The summed E-state index contributed by atoms with van der Waals surface area (Å²) in [5.74, 6) is 2.92. The van der Waals surface area contributed by atoms with Crippen LogP contribution in [-0.4, -0.2) is 46.5 Å². The average molecular weight is 512 g/mol. The molecule has 0 unspecified atom stereocenters. The minimum atomic E-state index is 0.0492. The molecular formula is C30H33N5O3. The summed E-state index contributed by atoms with van der Waals surface area (Å²) in [4.78, 5) is 9.77. The number of nitrogens with one attached hydrogen (secondary N) is 1. The van der Waals surface area contributed by atoms with Crippen molar-refractivity contribution in [3.8, 4) is 16.9 Å². The van der Waals surface area contributed by atoms with Gasteiger partial charge in [0.1, 0.15) is 29.5 Å². The molecule has 2 aromatic carbocycles. The van der Waals surface area contributed by atoms with Crippen LogP contribution in [0.1, 0.15) is 42.2 Å². The largest absolute Gasteiger partial charge is 0.493 e. The highest BCUT2D eigenvalue weighted by molar-refractivity contribution is 6.05. The van der Waals surface area contributed by atoms with Crippen LogP contribution < -0.4 is 10.1 Å². The van der Waals surface area contributed by atoms with Crippen molar-refractivity contribution in [3.05, 3.63) is 71.5 Å². The Morgan fingerprint density at radius 2 is 2.00 bits per heavy atom. The van der Waals surface area contributed by atoms with Gasteiger partial charge in [0, 0.05) is 30.5 Å². The molecule has 6 rings (SSSR count). The molecule has 3 aromatic heterocycles. The molecule has 8 nitrogen and oxygen atoms in total. The summed E-state index contributed by atoms with van der Waals surface area (Å²) in [5.41, 5.74) is 6.67. The first-order chi connectivity index (χ1) is 18.5. The molecule has 1 N–H and O–H groups in total. The molecule has 4 heterocycles. The predicted octanol–water partition coefficient (Wildman–Crippen LogP) is 5.60. The van der Waals surface area contributed by atoms with Crippen molar-refractivity contribution in [1.82, 2.24) is 25.0 Å². The van der Waals surface area contributed by atoms with Gasteiger partial charge < -0.3 is 23.9 Å². The van der Waals surface area contributed by atoms with Crippen LogP contribution >= 0.6 is 0 Å². The molecule has 1 saturated heterocycles. The van der Waals surface area contributed by atoms with Crippen molar-refractivity contribution >= 4 is 21.9 Å². The predicted molar refractivity (Wildman–Crippen MR) is 147 cm³/mol. The van der Waals surface area contributed by atoms with Gasteiger partial charge >= 0.3 is 0 Å². The first-order valence-electron chi connectivity index (χ1n) is 13.2. The molecule has 8 heteroatoms. The summed E-state index contributed by atoms with van der Waals surface area (Å²) in [6.07, 6.45) is 2.97. The summed E-state index contributed by atoms with van der Waals surface area (Å²) in [6, 6.07) is 14.8. The molecule has 5 aromatic rings. The van der Waals surface area contributed by atoms with Crippen molar-refractivity contribution in [1.29, 1.82) is 0 Å². The lowest BCUT2D eigenvalue weighted by Crippen LogP contribution is -2.16. The maximum absolute atomic E-state index is 6.56. The molecule has 0 spiro atoms. The third-order valence-electron chi connectivity index (χ3n) is 7.57. The second-order valence-corrected chi connectivity index (χ2v) is 10.1. The van der Waals surface area contributed by atoms with Crippen molar-refractivity contribution in [2.24, 2.45) is 5.92 Å². The first-order valence-corrected chi connectivity index (χ1v) is 13.2. The van der Waals surface area contributed by atoms with Crippen LogP contribution in [0, 0.1) is 19.8 Å². The maximum Gasteiger partial charge on any atom is 0.141 e. The Hall–Kier alpha value is -3.75. The van der Waals surface area contributed by atoms with Gasteiger partial charge in [-0.3, -0.25) is 4.98 Å². The number of nitrogens with zero attached hydrogens (tertiary/aromatic N) is 4. The number of pyridine rings is 1. The van der Waals surface area contributed by atoms with Crippen LogP contribution in [0.3, 0.4) is 0 Å². The quantitative estimate of drug-likeness (QED) is 0.290. The second kappa shape index (κ2) is 10.2. The molecular weight excluding hydrogens is 478 g/mol. The molecule has 1 fully saturated rings. The minimum Gasteiger partial charge on any atom is -0.493 e. The smallest absolute Gasteiger partial charge is 0.141 e. The Morgan fingerprint density at radius 1 is 1.16 bits per heavy atom. The molecule has 0 aliphatic carbocycles. The summed E-state index contributed by atoms with van der Waals surface area (Å²) in [7, 11) is 1.70. The number of aromatic nitrogens is 4. The van der Waals surface area contributed by atoms with E-state index < -0.39 is 0 Å². The van der Waals surface area contributed by atoms with E-state index in [0.29, 0.717) is 19.1 Å². The number of ether oxygens (including phenoxy) is 2. The lowest BCUT2D eigenvalue weighted by molar-refractivity contribution is 0.174. The van der Waals surface area contributed by atoms with E-state index in [4.69, 9.17) is 24.0 Å². The molecule has 38 heavy (non-hydrogen) atoms. The zero-order valence-corrected chi connectivity index (χ0v) is 22.3. The average Bonchev–Trinajstić information content (AvgIpc) is 3.66. The van der Waals surface area contributed by atoms with Gasteiger partial charge in [-0.05, 0) is 51.4 Å². The fourth-order valence-electron chi connectivity index (χ4n) is 5.63. The number of benzene rings is 2. The Labute approximate surface area is 222 Å². The highest BCUT2D eigenvalue weighted by Crippen LogP contribution is 2.40. The number of imidazole rings is 1. The topological polar surface area (TPSA) is 87.2 Å². The van der Waals surface area contributed by atoms with Crippen LogP contribution in [0.5, 0.6) is 5.75 Å². The number of hydrogen-bond acceptors (Lipinski definition) is 7. The summed E-state index contributed by atoms with van der Waals surface area (Å²) in [5, 5.41) is 8.64. The van der Waals surface area contributed by atoms with Gasteiger partial charge in [0.05, 0.1) is 41.1 Å². The fraction of sp³-hybridized carbons (Fsp3) is 0.367. The summed E-state index contributed by atoms with van der Waals surface area (Å²) >= 11 is 0. The minimum absolute atomic E-state index is 0.0492. The Kier molecular flexibility index (Phi) is 6.59. The van der Waals surface area contributed by atoms with Gasteiger partial charge in [-0.1, -0.05) is 35.5 Å². The lowest BCUT2D eigenvalue weighted by atomic mass is 10.00. The molecule has 0 radical (unpaired) electrons. The third-order valence-corrected chi connectivity index (χ3v) is 7.57. The Bertz CT molecular complexity index is 1570. The highest BCUT2D eigenvalue weighted by Gasteiger charge is 2.24. The van der Waals surface area contributed by atoms with E-state index in [1.807, 2.05) is 26.1 Å². The Balaban J connectivity index is 1.58. The van der Waals surface area contributed by atoms with Crippen LogP contribution in [0.4, 0.5) is 0 Å². The van der Waals surface area contributed by atoms with Gasteiger partial charge in [-0.25, -0.2) is 4.98 Å². The van der Waals surface area contributed by atoms with Gasteiger partial charge in [-0.15, -0.1) is 0 Å². The third kappa shape index (κ3) is 4.33. The standard InChI is InChI=1S/C30H33N5O3/c1-18-29(20(3)38-34-18)24-12-25-23(13-27(24)37-16-21-10-11-31-14-21)30-26(15-32-25)33-28(17-36-4)35(30)19(2)22-8-6-5-7-9-22/h5-9,12-13,15,19,21,31H,10-11,14,16-17H2,1-4H3/t19-,21+/m1/s1. The van der Waals surface area contributed by atoms with Crippen molar-refractivity contribution < 1.29 is 14.0 Å². The van der Waals surface area contributed by atoms with Crippen LogP contribution in [0.25, 0.3) is 33.1 Å². The summed E-state index contributed by atoms with van der Waals surface area (Å²) in [6.45, 7) is 9.16. The van der Waals surface area contributed by atoms with E-state index in [0.717, 1.165) is 75.6 Å².